The standard InChI is InChI=1S/C16H12Cl2N2O/c1-9-5-2-3-6-10(9)15-14(16(19)21-20-15)13-11(17)7-4-8-12(13)18/h2-8H,19H2,1H3. The van der Waals surface area contributed by atoms with Crippen LogP contribution in [0.1, 0.15) is 5.56 Å². The van der Waals surface area contributed by atoms with Crippen molar-refractivity contribution in [3.05, 3.63) is 58.1 Å². The molecular weight excluding hydrogens is 307 g/mol. The van der Waals surface area contributed by atoms with Crippen molar-refractivity contribution >= 4 is 29.1 Å². The van der Waals surface area contributed by atoms with E-state index >= 15 is 0 Å². The third kappa shape index (κ3) is 2.39. The molecule has 0 spiro atoms. The van der Waals surface area contributed by atoms with Crippen LogP contribution < -0.4 is 5.73 Å². The number of nitrogen functional groups attached to an aromatic ring is 1. The highest BCUT2D eigenvalue weighted by Crippen LogP contribution is 2.43. The minimum absolute atomic E-state index is 0.197. The fourth-order valence-electron chi connectivity index (χ4n) is 2.30. The van der Waals surface area contributed by atoms with Gasteiger partial charge in [-0.1, -0.05) is 58.7 Å². The van der Waals surface area contributed by atoms with Crippen molar-refractivity contribution in [3.63, 3.8) is 0 Å². The van der Waals surface area contributed by atoms with E-state index in [9.17, 15) is 0 Å². The van der Waals surface area contributed by atoms with Crippen LogP contribution >= 0.6 is 23.2 Å². The van der Waals surface area contributed by atoms with Crippen molar-refractivity contribution in [1.29, 1.82) is 0 Å². The Labute approximate surface area is 132 Å². The van der Waals surface area contributed by atoms with Crippen LogP contribution in [0, 0.1) is 6.92 Å². The lowest BCUT2D eigenvalue weighted by Crippen LogP contribution is -1.91. The smallest absolute Gasteiger partial charge is 0.230 e. The molecule has 0 saturated heterocycles. The summed E-state index contributed by atoms with van der Waals surface area (Å²) in [5.41, 5.74) is 9.85. The average molecular weight is 319 g/mol. The highest BCUT2D eigenvalue weighted by Gasteiger charge is 2.22. The second-order valence-corrected chi connectivity index (χ2v) is 5.50. The zero-order valence-electron chi connectivity index (χ0n) is 11.2. The van der Waals surface area contributed by atoms with Crippen LogP contribution in [0.25, 0.3) is 22.4 Å². The fraction of sp³-hybridized carbons (Fsp3) is 0.0625. The molecule has 0 aliphatic rings. The van der Waals surface area contributed by atoms with Crippen molar-refractivity contribution < 1.29 is 4.52 Å². The summed E-state index contributed by atoms with van der Waals surface area (Å²) in [4.78, 5) is 0. The molecule has 0 amide bonds. The van der Waals surface area contributed by atoms with E-state index in [-0.39, 0.29) is 5.88 Å². The lowest BCUT2D eigenvalue weighted by molar-refractivity contribution is 0.439. The first-order valence-corrected chi connectivity index (χ1v) is 7.10. The van der Waals surface area contributed by atoms with E-state index in [0.717, 1.165) is 11.1 Å². The van der Waals surface area contributed by atoms with Gasteiger partial charge in [0.15, 0.2) is 0 Å². The molecule has 1 heterocycles. The highest BCUT2D eigenvalue weighted by atomic mass is 35.5. The third-order valence-electron chi connectivity index (χ3n) is 3.33. The summed E-state index contributed by atoms with van der Waals surface area (Å²) in [7, 11) is 0. The molecule has 3 nitrogen and oxygen atoms in total. The van der Waals surface area contributed by atoms with Gasteiger partial charge in [0.1, 0.15) is 5.69 Å². The van der Waals surface area contributed by atoms with Crippen LogP contribution in [-0.4, -0.2) is 5.16 Å². The van der Waals surface area contributed by atoms with E-state index in [1.165, 1.54) is 0 Å². The molecule has 5 heteroatoms. The summed E-state index contributed by atoms with van der Waals surface area (Å²) in [6.45, 7) is 2.00. The van der Waals surface area contributed by atoms with Crippen LogP contribution in [0.2, 0.25) is 10.0 Å². The van der Waals surface area contributed by atoms with Crippen LogP contribution in [0.4, 0.5) is 5.88 Å². The Morgan fingerprint density at radius 2 is 1.62 bits per heavy atom. The summed E-state index contributed by atoms with van der Waals surface area (Å²) in [6, 6.07) is 13.2. The van der Waals surface area contributed by atoms with Gasteiger partial charge in [-0.3, -0.25) is 0 Å². The monoisotopic (exact) mass is 318 g/mol. The van der Waals surface area contributed by atoms with Crippen LogP contribution in [0.3, 0.4) is 0 Å². The Morgan fingerprint density at radius 3 is 2.29 bits per heavy atom. The number of halogens is 2. The molecule has 0 fully saturated rings. The molecule has 0 bridgehead atoms. The zero-order valence-corrected chi connectivity index (χ0v) is 12.7. The van der Waals surface area contributed by atoms with Gasteiger partial charge < -0.3 is 10.3 Å². The van der Waals surface area contributed by atoms with Crippen LogP contribution in [0.5, 0.6) is 0 Å². The Balaban J connectivity index is 2.31. The Kier molecular flexibility index (Phi) is 3.62. The molecule has 0 aliphatic carbocycles. The Bertz CT molecular complexity index is 792. The number of hydrogen-bond donors (Lipinski definition) is 1. The van der Waals surface area contributed by atoms with Crippen LogP contribution in [0.15, 0.2) is 47.0 Å². The van der Waals surface area contributed by atoms with Gasteiger partial charge in [0.05, 0.1) is 15.6 Å². The van der Waals surface area contributed by atoms with Crippen molar-refractivity contribution in [3.8, 4) is 22.4 Å². The number of nitrogens with zero attached hydrogens (tertiary/aromatic N) is 1. The lowest BCUT2D eigenvalue weighted by atomic mass is 9.98. The van der Waals surface area contributed by atoms with Crippen molar-refractivity contribution in [2.75, 3.05) is 5.73 Å². The predicted molar refractivity (Wildman–Crippen MR) is 86.5 cm³/mol. The van der Waals surface area contributed by atoms with E-state index < -0.39 is 0 Å². The number of rotatable bonds is 2. The fourth-order valence-corrected chi connectivity index (χ4v) is 2.89. The van der Waals surface area contributed by atoms with Crippen LogP contribution in [-0.2, 0) is 0 Å². The van der Waals surface area contributed by atoms with Gasteiger partial charge in [0, 0.05) is 11.1 Å². The Morgan fingerprint density at radius 1 is 0.952 bits per heavy atom. The van der Waals surface area contributed by atoms with E-state index in [1.807, 2.05) is 31.2 Å². The summed E-state index contributed by atoms with van der Waals surface area (Å²) in [5.74, 6) is 0.197. The molecule has 0 unspecified atom stereocenters. The summed E-state index contributed by atoms with van der Waals surface area (Å²) in [6.07, 6.45) is 0. The van der Waals surface area contributed by atoms with Gasteiger partial charge in [0.25, 0.3) is 0 Å². The summed E-state index contributed by atoms with van der Waals surface area (Å²) < 4.78 is 5.18. The highest BCUT2D eigenvalue weighted by molar-refractivity contribution is 6.39. The molecular formula is C16H12Cl2N2O. The van der Waals surface area contributed by atoms with Gasteiger partial charge in [-0.25, -0.2) is 0 Å². The molecule has 3 aromatic rings. The molecule has 0 radical (unpaired) electrons. The maximum atomic E-state index is 6.28. The summed E-state index contributed by atoms with van der Waals surface area (Å²) >= 11 is 12.6. The molecule has 2 aromatic carbocycles. The zero-order chi connectivity index (χ0) is 15.0. The lowest BCUT2D eigenvalue weighted by Gasteiger charge is -2.08. The summed E-state index contributed by atoms with van der Waals surface area (Å²) in [5, 5.41) is 5.10. The molecule has 106 valence electrons. The average Bonchev–Trinajstić information content (AvgIpc) is 2.81. The first kappa shape index (κ1) is 14.0. The molecule has 21 heavy (non-hydrogen) atoms. The SMILES string of the molecule is Cc1ccccc1-c1noc(N)c1-c1c(Cl)cccc1Cl. The second kappa shape index (κ2) is 5.43. The predicted octanol–water partition coefficient (Wildman–Crippen LogP) is 5.21. The quantitative estimate of drug-likeness (QED) is 0.706. The van der Waals surface area contributed by atoms with E-state index in [1.54, 1.807) is 18.2 Å². The normalized spacial score (nSPS) is 10.8. The first-order chi connectivity index (χ1) is 10.1. The number of anilines is 1. The largest absolute Gasteiger partial charge is 0.367 e. The van der Waals surface area contributed by atoms with Gasteiger partial charge >= 0.3 is 0 Å². The van der Waals surface area contributed by atoms with Crippen molar-refractivity contribution in [2.45, 2.75) is 6.92 Å². The second-order valence-electron chi connectivity index (χ2n) is 4.68. The number of aryl methyl sites for hydroxylation is 1. The van der Waals surface area contributed by atoms with Crippen molar-refractivity contribution in [2.24, 2.45) is 0 Å². The van der Waals surface area contributed by atoms with E-state index in [0.29, 0.717) is 26.9 Å². The minimum Gasteiger partial charge on any atom is -0.367 e. The van der Waals surface area contributed by atoms with E-state index in [2.05, 4.69) is 5.16 Å². The number of nitrogens with two attached hydrogens (primary N) is 1. The first-order valence-electron chi connectivity index (χ1n) is 6.35. The molecule has 1 aromatic heterocycles. The molecule has 0 atom stereocenters. The van der Waals surface area contributed by atoms with Gasteiger partial charge in [-0.15, -0.1) is 0 Å². The number of benzene rings is 2. The molecule has 0 aliphatic heterocycles. The molecule has 2 N–H and O–H groups in total. The van der Waals surface area contributed by atoms with Gasteiger partial charge in [0.2, 0.25) is 5.88 Å². The van der Waals surface area contributed by atoms with Gasteiger partial charge in [-0.05, 0) is 24.6 Å². The molecule has 0 saturated carbocycles. The minimum atomic E-state index is 0.197. The number of hydrogen-bond acceptors (Lipinski definition) is 3. The van der Waals surface area contributed by atoms with E-state index in [4.69, 9.17) is 33.5 Å². The Hall–Kier alpha value is -1.97. The number of aromatic nitrogens is 1. The maximum absolute atomic E-state index is 6.28. The third-order valence-corrected chi connectivity index (χ3v) is 3.96. The van der Waals surface area contributed by atoms with Crippen molar-refractivity contribution in [1.82, 2.24) is 5.16 Å². The molecule has 3 rings (SSSR count). The topological polar surface area (TPSA) is 52.0 Å². The maximum Gasteiger partial charge on any atom is 0.230 e. The van der Waals surface area contributed by atoms with Gasteiger partial charge in [-0.2, -0.15) is 0 Å².